The van der Waals surface area contributed by atoms with Crippen LogP contribution in [0.1, 0.15) is 17.9 Å². The van der Waals surface area contributed by atoms with E-state index in [9.17, 15) is 18.3 Å². The molecule has 2 atom stereocenters. The van der Waals surface area contributed by atoms with Gasteiger partial charge in [0.05, 0.1) is 37.1 Å². The van der Waals surface area contributed by atoms with Gasteiger partial charge in [0.25, 0.3) is 5.91 Å². The van der Waals surface area contributed by atoms with Gasteiger partial charge in [-0.25, -0.2) is 8.42 Å². The van der Waals surface area contributed by atoms with Gasteiger partial charge in [-0.2, -0.15) is 4.31 Å². The summed E-state index contributed by atoms with van der Waals surface area (Å²) in [6.07, 6.45) is 4.53. The molecule has 10 nitrogen and oxygen atoms in total. The highest BCUT2D eigenvalue weighted by Crippen LogP contribution is 2.32. The van der Waals surface area contributed by atoms with E-state index in [1.807, 2.05) is 30.3 Å². The SMILES string of the molecule is COc1ccc(S(=O)(=O)N(CCO)CCO[C@@H]2C[C@H](c3ccccc3)C=C(C(=O)Nc3cccnc3)O2)cc1. The molecule has 39 heavy (non-hydrogen) atoms. The summed E-state index contributed by atoms with van der Waals surface area (Å²) in [4.78, 5) is 17.1. The van der Waals surface area contributed by atoms with Gasteiger partial charge in [-0.1, -0.05) is 30.3 Å². The third-order valence-corrected chi connectivity index (χ3v) is 8.03. The molecule has 0 bridgehead atoms. The molecule has 2 N–H and O–H groups in total. The Hall–Kier alpha value is -3.77. The number of methoxy groups -OCH3 is 1. The first-order chi connectivity index (χ1) is 18.9. The van der Waals surface area contributed by atoms with Gasteiger partial charge in [0.1, 0.15) is 5.75 Å². The largest absolute Gasteiger partial charge is 0.497 e. The Morgan fingerprint density at radius 3 is 2.54 bits per heavy atom. The van der Waals surface area contributed by atoms with Gasteiger partial charge in [-0.05, 0) is 48.0 Å². The number of aromatic nitrogens is 1. The van der Waals surface area contributed by atoms with E-state index in [-0.39, 0.29) is 42.9 Å². The molecule has 0 saturated heterocycles. The highest BCUT2D eigenvalue weighted by atomic mass is 32.2. The Morgan fingerprint density at radius 2 is 1.87 bits per heavy atom. The minimum Gasteiger partial charge on any atom is -0.497 e. The minimum absolute atomic E-state index is 0.0148. The highest BCUT2D eigenvalue weighted by Gasteiger charge is 2.30. The standard InChI is InChI=1S/C28H31N3O7S/c1-36-24-9-11-25(12-10-24)39(34,35)31(14-16-32)15-17-37-27-19-22(21-6-3-2-4-7-21)18-26(38-27)28(33)30-23-8-5-13-29-20-23/h2-13,18,20,22,27,32H,14-17,19H2,1H3,(H,30,33)/t22-,27+/m1/s1. The van der Waals surface area contributed by atoms with E-state index in [0.29, 0.717) is 17.9 Å². The maximum Gasteiger partial charge on any atom is 0.290 e. The van der Waals surface area contributed by atoms with Crippen LogP contribution in [0.4, 0.5) is 5.69 Å². The third-order valence-electron chi connectivity index (χ3n) is 6.12. The first kappa shape index (κ1) is 28.2. The zero-order chi connectivity index (χ0) is 27.7. The van der Waals surface area contributed by atoms with E-state index in [2.05, 4.69) is 10.3 Å². The quantitative estimate of drug-likeness (QED) is 0.350. The molecule has 1 amide bonds. The number of sulfonamides is 1. The fourth-order valence-corrected chi connectivity index (χ4v) is 5.54. The lowest BCUT2D eigenvalue weighted by Gasteiger charge is -2.30. The number of pyridine rings is 1. The molecule has 2 aromatic carbocycles. The predicted octanol–water partition coefficient (Wildman–Crippen LogP) is 3.14. The number of amides is 1. The van der Waals surface area contributed by atoms with Crippen molar-refractivity contribution < 1.29 is 32.5 Å². The van der Waals surface area contributed by atoms with E-state index >= 15 is 0 Å². The van der Waals surface area contributed by atoms with Crippen LogP contribution in [0.5, 0.6) is 5.75 Å². The van der Waals surface area contributed by atoms with Crippen molar-refractivity contribution in [2.24, 2.45) is 0 Å². The number of benzene rings is 2. The second-order valence-electron chi connectivity index (χ2n) is 8.70. The van der Waals surface area contributed by atoms with Crippen molar-refractivity contribution in [1.82, 2.24) is 9.29 Å². The summed E-state index contributed by atoms with van der Waals surface area (Å²) < 4.78 is 44.4. The molecule has 0 aliphatic carbocycles. The highest BCUT2D eigenvalue weighted by molar-refractivity contribution is 7.89. The summed E-state index contributed by atoms with van der Waals surface area (Å²) >= 11 is 0. The topological polar surface area (TPSA) is 127 Å². The van der Waals surface area contributed by atoms with Crippen LogP contribution in [0.15, 0.2) is 95.9 Å². The maximum absolute atomic E-state index is 13.2. The smallest absolute Gasteiger partial charge is 0.290 e. The Morgan fingerprint density at radius 1 is 1.10 bits per heavy atom. The first-order valence-electron chi connectivity index (χ1n) is 12.4. The van der Waals surface area contributed by atoms with Gasteiger partial charge in [0, 0.05) is 31.6 Å². The van der Waals surface area contributed by atoms with Crippen molar-refractivity contribution in [3.63, 3.8) is 0 Å². The minimum atomic E-state index is -3.89. The number of nitrogens with zero attached hydrogens (tertiary/aromatic N) is 2. The van der Waals surface area contributed by atoms with Gasteiger partial charge in [0.15, 0.2) is 5.76 Å². The van der Waals surface area contributed by atoms with Crippen LogP contribution in [0, 0.1) is 0 Å². The molecule has 0 radical (unpaired) electrons. The first-order valence-corrected chi connectivity index (χ1v) is 13.9. The summed E-state index contributed by atoms with van der Waals surface area (Å²) in [6.45, 7) is -0.494. The van der Waals surface area contributed by atoms with Crippen molar-refractivity contribution in [1.29, 1.82) is 0 Å². The summed E-state index contributed by atoms with van der Waals surface area (Å²) in [5, 5.41) is 12.3. The molecule has 0 saturated carbocycles. The van der Waals surface area contributed by atoms with E-state index in [1.165, 1.54) is 25.4 Å². The van der Waals surface area contributed by atoms with Crippen molar-refractivity contribution in [3.05, 3.63) is 96.5 Å². The molecular weight excluding hydrogens is 522 g/mol. The van der Waals surface area contributed by atoms with E-state index in [0.717, 1.165) is 9.87 Å². The van der Waals surface area contributed by atoms with E-state index in [4.69, 9.17) is 14.2 Å². The molecule has 11 heteroatoms. The average Bonchev–Trinajstić information content (AvgIpc) is 2.97. The van der Waals surface area contributed by atoms with Crippen molar-refractivity contribution in [2.45, 2.75) is 23.5 Å². The molecule has 1 aliphatic heterocycles. The summed E-state index contributed by atoms with van der Waals surface area (Å²) in [7, 11) is -2.39. The summed E-state index contributed by atoms with van der Waals surface area (Å²) in [5.74, 6) is 0.0317. The molecular formula is C28H31N3O7S. The number of hydrogen-bond acceptors (Lipinski definition) is 8. The van der Waals surface area contributed by atoms with Crippen LogP contribution < -0.4 is 10.1 Å². The molecule has 2 heterocycles. The number of allylic oxidation sites excluding steroid dienone is 1. The monoisotopic (exact) mass is 553 g/mol. The average molecular weight is 554 g/mol. The number of aliphatic hydroxyl groups excluding tert-OH is 1. The van der Waals surface area contributed by atoms with Crippen LogP contribution in [0.2, 0.25) is 0 Å². The van der Waals surface area contributed by atoms with Crippen molar-refractivity contribution >= 4 is 21.6 Å². The van der Waals surface area contributed by atoms with Crippen LogP contribution >= 0.6 is 0 Å². The van der Waals surface area contributed by atoms with Crippen LogP contribution in [0.25, 0.3) is 0 Å². The van der Waals surface area contributed by atoms with Crippen LogP contribution in [-0.2, 0) is 24.3 Å². The second-order valence-corrected chi connectivity index (χ2v) is 10.6. The molecule has 0 spiro atoms. The number of carbonyl (C=O) groups excluding carboxylic acids is 1. The lowest BCUT2D eigenvalue weighted by atomic mass is 9.93. The van der Waals surface area contributed by atoms with Gasteiger partial charge >= 0.3 is 0 Å². The lowest BCUT2D eigenvalue weighted by molar-refractivity contribution is -0.143. The number of hydrogen-bond donors (Lipinski definition) is 2. The zero-order valence-corrected chi connectivity index (χ0v) is 22.3. The Bertz CT molecular complexity index is 1350. The number of ether oxygens (including phenoxy) is 3. The van der Waals surface area contributed by atoms with Gasteiger partial charge < -0.3 is 24.6 Å². The Balaban J connectivity index is 1.45. The molecule has 0 unspecified atom stereocenters. The summed E-state index contributed by atoms with van der Waals surface area (Å²) in [6, 6.07) is 19.1. The number of nitrogens with one attached hydrogen (secondary N) is 1. The molecule has 4 rings (SSSR count). The number of rotatable bonds is 12. The normalized spacial score (nSPS) is 17.3. The Kier molecular flexibility index (Phi) is 9.66. The van der Waals surface area contributed by atoms with Gasteiger partial charge in [-0.15, -0.1) is 0 Å². The summed E-state index contributed by atoms with van der Waals surface area (Å²) in [5.41, 5.74) is 1.51. The number of aliphatic hydroxyl groups is 1. The van der Waals surface area contributed by atoms with Crippen molar-refractivity contribution in [2.75, 3.05) is 38.7 Å². The van der Waals surface area contributed by atoms with Crippen LogP contribution in [-0.4, -0.2) is 68.4 Å². The molecule has 3 aromatic rings. The maximum atomic E-state index is 13.2. The fraction of sp³-hybridized carbons (Fsp3) is 0.286. The van der Waals surface area contributed by atoms with Crippen LogP contribution in [0.3, 0.4) is 0 Å². The third kappa shape index (κ3) is 7.42. The zero-order valence-electron chi connectivity index (χ0n) is 21.5. The predicted molar refractivity (Wildman–Crippen MR) is 144 cm³/mol. The second kappa shape index (κ2) is 13.3. The number of carbonyl (C=O) groups is 1. The lowest BCUT2D eigenvalue weighted by Crippen LogP contribution is -2.37. The molecule has 1 aliphatic rings. The molecule has 206 valence electrons. The molecule has 1 aromatic heterocycles. The molecule has 0 fully saturated rings. The van der Waals surface area contributed by atoms with Gasteiger partial charge in [0.2, 0.25) is 16.3 Å². The fourth-order valence-electron chi connectivity index (χ4n) is 4.13. The van der Waals surface area contributed by atoms with Crippen molar-refractivity contribution in [3.8, 4) is 5.75 Å². The van der Waals surface area contributed by atoms with Gasteiger partial charge in [-0.3, -0.25) is 9.78 Å². The Labute approximate surface area is 227 Å². The van der Waals surface area contributed by atoms with E-state index < -0.39 is 22.2 Å². The van der Waals surface area contributed by atoms with E-state index in [1.54, 1.807) is 36.5 Å². The number of anilines is 1.